The number of rotatable bonds is 7. The van der Waals surface area contributed by atoms with Crippen LogP contribution in [-0.4, -0.2) is 48.8 Å². The Labute approximate surface area is 196 Å². The van der Waals surface area contributed by atoms with E-state index in [0.29, 0.717) is 21.9 Å². The highest BCUT2D eigenvalue weighted by molar-refractivity contribution is 7.86. The van der Waals surface area contributed by atoms with E-state index in [-0.39, 0.29) is 18.0 Å². The van der Waals surface area contributed by atoms with Gasteiger partial charge in [-0.3, -0.25) is 23.3 Å². The highest BCUT2D eigenvalue weighted by Gasteiger charge is 2.36. The zero-order valence-electron chi connectivity index (χ0n) is 17.3. The number of nitrogens with one attached hydrogen (secondary N) is 2. The van der Waals surface area contributed by atoms with Gasteiger partial charge in [-0.25, -0.2) is 4.79 Å². The van der Waals surface area contributed by atoms with Crippen molar-refractivity contribution in [1.29, 1.82) is 0 Å². The number of aryl methyl sites for hydroxylation is 1. The standard InChI is InChI=1S/C20H23Cl2N3O6S/c1-3-11-9-25(20(29)24-19(11)28)17-7-14(26)15(31-17)8-23-18(27)10(2)32(30)16-5-4-12(21)6-13(16)22/h4-6,9-10,14-15,17,26H,3,7-8H2,1-2H3,(H,23,27)(H,24,28,29)/t10?,14-,15+,17+,32?/m0/s1. The fourth-order valence-corrected chi connectivity index (χ4v) is 5.08. The summed E-state index contributed by atoms with van der Waals surface area (Å²) in [6.45, 7) is 3.23. The van der Waals surface area contributed by atoms with Crippen molar-refractivity contribution in [2.45, 2.75) is 55.3 Å². The first-order valence-corrected chi connectivity index (χ1v) is 11.9. The van der Waals surface area contributed by atoms with E-state index < -0.39 is 51.6 Å². The molecule has 0 bridgehead atoms. The van der Waals surface area contributed by atoms with E-state index in [9.17, 15) is 23.7 Å². The summed E-state index contributed by atoms with van der Waals surface area (Å²) >= 11 is 11.9. The highest BCUT2D eigenvalue weighted by Crippen LogP contribution is 2.28. The Kier molecular flexibility index (Phi) is 7.94. The second kappa shape index (κ2) is 10.3. The number of carbonyl (C=O) groups is 1. The van der Waals surface area contributed by atoms with E-state index >= 15 is 0 Å². The molecule has 1 aliphatic heterocycles. The largest absolute Gasteiger partial charge is 0.390 e. The van der Waals surface area contributed by atoms with Gasteiger partial charge in [-0.1, -0.05) is 30.1 Å². The number of halogens is 2. The normalized spacial score (nSPS) is 22.5. The summed E-state index contributed by atoms with van der Waals surface area (Å²) in [5, 5.41) is 12.6. The number of aromatic amines is 1. The molecular formula is C20H23Cl2N3O6S. The molecule has 5 atom stereocenters. The summed E-state index contributed by atoms with van der Waals surface area (Å²) in [5.41, 5.74) is -0.687. The van der Waals surface area contributed by atoms with Crippen LogP contribution in [0.5, 0.6) is 0 Å². The van der Waals surface area contributed by atoms with Crippen molar-refractivity contribution in [1.82, 2.24) is 14.9 Å². The van der Waals surface area contributed by atoms with Crippen LogP contribution in [0.25, 0.3) is 0 Å². The number of aromatic nitrogens is 2. The molecule has 0 saturated carbocycles. The molecule has 1 aliphatic rings. The van der Waals surface area contributed by atoms with E-state index in [1.165, 1.54) is 35.9 Å². The van der Waals surface area contributed by atoms with Gasteiger partial charge < -0.3 is 15.2 Å². The molecule has 1 saturated heterocycles. The van der Waals surface area contributed by atoms with Gasteiger partial charge in [0.25, 0.3) is 5.56 Å². The van der Waals surface area contributed by atoms with E-state index in [2.05, 4.69) is 10.3 Å². The van der Waals surface area contributed by atoms with Crippen molar-refractivity contribution in [3.05, 3.63) is 60.8 Å². The zero-order valence-corrected chi connectivity index (χ0v) is 19.7. The molecule has 1 amide bonds. The first kappa shape index (κ1) is 24.7. The minimum Gasteiger partial charge on any atom is -0.390 e. The third kappa shape index (κ3) is 5.32. The summed E-state index contributed by atoms with van der Waals surface area (Å²) in [7, 11) is -1.72. The van der Waals surface area contributed by atoms with Crippen LogP contribution in [0.2, 0.25) is 10.0 Å². The van der Waals surface area contributed by atoms with Crippen LogP contribution in [0.1, 0.15) is 32.1 Å². The third-order valence-corrected chi connectivity index (χ3v) is 7.52. The van der Waals surface area contributed by atoms with Gasteiger partial charge in [0.2, 0.25) is 5.91 Å². The lowest BCUT2D eigenvalue weighted by atomic mass is 10.1. The van der Waals surface area contributed by atoms with Crippen LogP contribution < -0.4 is 16.6 Å². The number of nitrogens with zero attached hydrogens (tertiary/aromatic N) is 1. The van der Waals surface area contributed by atoms with Gasteiger partial charge in [0.1, 0.15) is 17.6 Å². The number of aliphatic hydroxyl groups excluding tert-OH is 1. The molecule has 3 N–H and O–H groups in total. The second-order valence-electron chi connectivity index (χ2n) is 7.37. The molecule has 1 aromatic heterocycles. The van der Waals surface area contributed by atoms with Crippen LogP contribution in [0, 0.1) is 0 Å². The van der Waals surface area contributed by atoms with E-state index in [4.69, 9.17) is 27.9 Å². The van der Waals surface area contributed by atoms with Gasteiger partial charge in [-0.15, -0.1) is 0 Å². The van der Waals surface area contributed by atoms with Gasteiger partial charge in [0, 0.05) is 29.7 Å². The maximum atomic E-state index is 12.7. The molecule has 32 heavy (non-hydrogen) atoms. The van der Waals surface area contributed by atoms with Crippen LogP contribution in [0.15, 0.2) is 38.9 Å². The SMILES string of the molecule is CCc1cn([C@H]2C[C@H](O)[C@@H](CNC(=O)C(C)S(=O)c3ccc(Cl)cc3Cl)O2)c(=O)[nH]c1=O. The molecule has 12 heteroatoms. The lowest BCUT2D eigenvalue weighted by Gasteiger charge is -2.18. The average Bonchev–Trinajstić information content (AvgIpc) is 3.11. The van der Waals surface area contributed by atoms with E-state index in [0.717, 1.165) is 0 Å². The molecule has 0 spiro atoms. The van der Waals surface area contributed by atoms with Gasteiger partial charge >= 0.3 is 5.69 Å². The van der Waals surface area contributed by atoms with Crippen molar-refractivity contribution >= 4 is 39.9 Å². The van der Waals surface area contributed by atoms with Gasteiger partial charge in [0.15, 0.2) is 0 Å². The Hall–Kier alpha value is -1.98. The van der Waals surface area contributed by atoms with Gasteiger partial charge in [-0.05, 0) is 31.5 Å². The van der Waals surface area contributed by atoms with Gasteiger partial charge in [-0.2, -0.15) is 0 Å². The minimum atomic E-state index is -1.72. The molecule has 1 aromatic carbocycles. The molecule has 9 nitrogen and oxygen atoms in total. The molecule has 174 valence electrons. The molecule has 1 fully saturated rings. The number of carbonyl (C=O) groups excluding carboxylic acids is 1. The topological polar surface area (TPSA) is 130 Å². The van der Waals surface area contributed by atoms with Crippen molar-refractivity contribution in [2.75, 3.05) is 6.54 Å². The number of ether oxygens (including phenoxy) is 1. The quantitative estimate of drug-likeness (QED) is 0.522. The number of hydrogen-bond acceptors (Lipinski definition) is 6. The maximum Gasteiger partial charge on any atom is 0.330 e. The summed E-state index contributed by atoms with van der Waals surface area (Å²) in [6, 6.07) is 4.49. The Balaban J connectivity index is 1.63. The Bertz CT molecular complexity index is 1150. The molecule has 2 aromatic rings. The van der Waals surface area contributed by atoms with Crippen molar-refractivity contribution < 1.29 is 18.8 Å². The van der Waals surface area contributed by atoms with Crippen molar-refractivity contribution in [3.8, 4) is 0 Å². The number of benzene rings is 1. The predicted molar refractivity (Wildman–Crippen MR) is 121 cm³/mol. The summed E-state index contributed by atoms with van der Waals surface area (Å²) < 4.78 is 19.7. The first-order valence-electron chi connectivity index (χ1n) is 9.93. The number of hydrogen-bond donors (Lipinski definition) is 3. The summed E-state index contributed by atoms with van der Waals surface area (Å²) in [4.78, 5) is 38.9. The van der Waals surface area contributed by atoms with E-state index in [1.807, 2.05) is 0 Å². The average molecular weight is 504 g/mol. The van der Waals surface area contributed by atoms with Crippen LogP contribution >= 0.6 is 23.2 Å². The Morgan fingerprint density at radius 1 is 1.41 bits per heavy atom. The Morgan fingerprint density at radius 2 is 2.12 bits per heavy atom. The molecule has 3 rings (SSSR count). The smallest absolute Gasteiger partial charge is 0.330 e. The van der Waals surface area contributed by atoms with Crippen LogP contribution in [0.3, 0.4) is 0 Å². The molecule has 0 aliphatic carbocycles. The summed E-state index contributed by atoms with van der Waals surface area (Å²) in [5.74, 6) is -0.511. The number of aliphatic hydroxyl groups is 1. The lowest BCUT2D eigenvalue weighted by Crippen LogP contribution is -2.42. The van der Waals surface area contributed by atoms with Crippen LogP contribution in [0.4, 0.5) is 0 Å². The second-order valence-corrected chi connectivity index (χ2v) is 9.95. The predicted octanol–water partition coefficient (Wildman–Crippen LogP) is 1.37. The van der Waals surface area contributed by atoms with Gasteiger partial charge in [0.05, 0.1) is 26.8 Å². The fourth-order valence-electron chi connectivity index (χ4n) is 3.33. The lowest BCUT2D eigenvalue weighted by molar-refractivity contribution is -0.121. The molecule has 2 unspecified atom stereocenters. The number of amides is 1. The van der Waals surface area contributed by atoms with Crippen molar-refractivity contribution in [3.63, 3.8) is 0 Å². The molecule has 2 heterocycles. The minimum absolute atomic E-state index is 0.0505. The third-order valence-electron chi connectivity index (χ3n) is 5.22. The van der Waals surface area contributed by atoms with Crippen LogP contribution in [-0.2, 0) is 26.8 Å². The zero-order chi connectivity index (χ0) is 23.6. The first-order chi connectivity index (χ1) is 15.1. The molecule has 0 radical (unpaired) electrons. The Morgan fingerprint density at radius 3 is 2.78 bits per heavy atom. The fraction of sp³-hybridized carbons (Fsp3) is 0.450. The molecular weight excluding hydrogens is 481 g/mol. The number of H-pyrrole nitrogens is 1. The summed E-state index contributed by atoms with van der Waals surface area (Å²) in [6.07, 6.45) is -0.570. The maximum absolute atomic E-state index is 12.7. The van der Waals surface area contributed by atoms with E-state index in [1.54, 1.807) is 6.92 Å². The monoisotopic (exact) mass is 503 g/mol. The highest BCUT2D eigenvalue weighted by atomic mass is 35.5. The van der Waals surface area contributed by atoms with Crippen molar-refractivity contribution in [2.24, 2.45) is 0 Å².